The van der Waals surface area contributed by atoms with Crippen molar-refractivity contribution < 1.29 is 24.5 Å². The van der Waals surface area contributed by atoms with E-state index in [9.17, 15) is 19.8 Å². The van der Waals surface area contributed by atoms with Crippen LogP contribution in [0.1, 0.15) is 233 Å². The molecule has 0 aliphatic rings. The first-order valence-corrected chi connectivity index (χ1v) is 25.2. The molecule has 60 heavy (non-hydrogen) atoms. The third-order valence-corrected chi connectivity index (χ3v) is 11.1. The molecule has 6 nitrogen and oxygen atoms in total. The van der Waals surface area contributed by atoms with Crippen LogP contribution in [0.2, 0.25) is 0 Å². The molecule has 3 unspecified atom stereocenters. The molecule has 0 aromatic heterocycles. The fourth-order valence-electron chi connectivity index (χ4n) is 7.26. The van der Waals surface area contributed by atoms with Crippen LogP contribution in [0.4, 0.5) is 0 Å². The van der Waals surface area contributed by atoms with Crippen LogP contribution in [0.15, 0.2) is 72.9 Å². The van der Waals surface area contributed by atoms with Crippen LogP contribution in [0, 0.1) is 0 Å². The lowest BCUT2D eigenvalue weighted by atomic mass is 10.0. The summed E-state index contributed by atoms with van der Waals surface area (Å²) in [6.07, 6.45) is 59.6. The molecule has 0 aliphatic carbocycles. The van der Waals surface area contributed by atoms with Crippen LogP contribution in [-0.2, 0) is 14.3 Å². The van der Waals surface area contributed by atoms with E-state index in [1.165, 1.54) is 103 Å². The second kappa shape index (κ2) is 47.4. The number of allylic oxidation sites excluding steroid dienone is 12. The van der Waals surface area contributed by atoms with Crippen molar-refractivity contribution in [3.8, 4) is 0 Å². The molecule has 0 aromatic rings. The molecule has 0 aliphatic heterocycles. The van der Waals surface area contributed by atoms with E-state index in [1.54, 1.807) is 0 Å². The molecule has 0 rings (SSSR count). The Morgan fingerprint density at radius 1 is 0.483 bits per heavy atom. The van der Waals surface area contributed by atoms with Crippen molar-refractivity contribution in [3.05, 3.63) is 72.9 Å². The van der Waals surface area contributed by atoms with Crippen molar-refractivity contribution in [2.45, 2.75) is 251 Å². The molecule has 0 radical (unpaired) electrons. The monoisotopic (exact) mass is 838 g/mol. The van der Waals surface area contributed by atoms with Crippen molar-refractivity contribution in [1.82, 2.24) is 5.32 Å². The van der Waals surface area contributed by atoms with Gasteiger partial charge in [-0.2, -0.15) is 0 Å². The van der Waals surface area contributed by atoms with Gasteiger partial charge in [0, 0.05) is 6.42 Å². The fourth-order valence-corrected chi connectivity index (χ4v) is 7.26. The highest BCUT2D eigenvalue weighted by Gasteiger charge is 2.24. The van der Waals surface area contributed by atoms with Gasteiger partial charge in [-0.15, -0.1) is 0 Å². The highest BCUT2D eigenvalue weighted by atomic mass is 16.5. The largest absolute Gasteiger partial charge is 0.462 e. The number of esters is 1. The molecule has 0 bridgehead atoms. The molecule has 3 atom stereocenters. The minimum absolute atomic E-state index is 0.0320. The van der Waals surface area contributed by atoms with E-state index in [2.05, 4.69) is 99.0 Å². The minimum atomic E-state index is -0.804. The average Bonchev–Trinajstić information content (AvgIpc) is 3.24. The minimum Gasteiger partial charge on any atom is -0.462 e. The lowest BCUT2D eigenvalue weighted by Crippen LogP contribution is -2.46. The van der Waals surface area contributed by atoms with E-state index in [0.717, 1.165) is 83.5 Å². The molecule has 0 saturated carbocycles. The number of aliphatic hydroxyl groups is 2. The van der Waals surface area contributed by atoms with Gasteiger partial charge in [0.25, 0.3) is 0 Å². The lowest BCUT2D eigenvalue weighted by molar-refractivity contribution is -0.151. The summed E-state index contributed by atoms with van der Waals surface area (Å²) in [6, 6.07) is -0.722. The quantitative estimate of drug-likeness (QED) is 0.0323. The first-order chi connectivity index (χ1) is 29.5. The first kappa shape index (κ1) is 57.3. The van der Waals surface area contributed by atoms with Gasteiger partial charge in [-0.25, -0.2) is 0 Å². The number of carbonyl (C=O) groups excluding carboxylic acids is 2. The van der Waals surface area contributed by atoms with E-state index in [0.29, 0.717) is 19.3 Å². The SMILES string of the molecule is CCCCC/C=C/C=C/C=C/C=C/CCCCCCCC(=O)OC(CCC/C=C/C=C/CCCCCCCCC)CC(=O)NC(CO)C(O)CCCCCCCCCCC. The summed E-state index contributed by atoms with van der Waals surface area (Å²) < 4.78 is 5.89. The number of hydrogen-bond acceptors (Lipinski definition) is 5. The van der Waals surface area contributed by atoms with E-state index < -0.39 is 18.2 Å². The summed E-state index contributed by atoms with van der Waals surface area (Å²) >= 11 is 0. The van der Waals surface area contributed by atoms with Crippen molar-refractivity contribution >= 4 is 11.9 Å². The molecule has 346 valence electrons. The van der Waals surface area contributed by atoms with Gasteiger partial charge in [0.05, 0.1) is 25.2 Å². The Kier molecular flexibility index (Phi) is 45.2. The lowest BCUT2D eigenvalue weighted by Gasteiger charge is -2.24. The summed E-state index contributed by atoms with van der Waals surface area (Å²) in [7, 11) is 0. The van der Waals surface area contributed by atoms with Crippen LogP contribution >= 0.6 is 0 Å². The fraction of sp³-hybridized carbons (Fsp3) is 0.741. The van der Waals surface area contributed by atoms with Gasteiger partial charge in [0.1, 0.15) is 6.10 Å². The van der Waals surface area contributed by atoms with Crippen molar-refractivity contribution in [2.24, 2.45) is 0 Å². The van der Waals surface area contributed by atoms with Gasteiger partial charge in [0.15, 0.2) is 0 Å². The number of ether oxygens (including phenoxy) is 1. The maximum absolute atomic E-state index is 13.2. The van der Waals surface area contributed by atoms with Crippen LogP contribution in [0.3, 0.4) is 0 Å². The zero-order valence-corrected chi connectivity index (χ0v) is 39.3. The third kappa shape index (κ3) is 42.0. The standard InChI is InChI=1S/C54H95NO5/c1-4-7-10-13-16-19-21-23-25-26-27-28-30-32-35-38-41-44-47-54(59)60-50(45-42-39-36-34-31-29-24-22-20-17-14-11-8-5-2)48-53(58)55-51(49-56)52(57)46-43-40-37-33-18-15-12-9-6-3/h16,19,21,23,25-29,31,34,36,50-52,56-57H,4-15,17-18,20,22,24,30,32-33,35,37-49H2,1-3H3,(H,55,58)/b19-16+,23-21+,26-25+,28-27+,31-29+,36-34+. The second-order valence-corrected chi connectivity index (χ2v) is 17.0. The molecule has 0 spiro atoms. The Balaban J connectivity index is 4.70. The number of rotatable bonds is 44. The van der Waals surface area contributed by atoms with Crippen LogP contribution in [-0.4, -0.2) is 46.9 Å². The van der Waals surface area contributed by atoms with Crippen molar-refractivity contribution in [1.29, 1.82) is 0 Å². The summed E-state index contributed by atoms with van der Waals surface area (Å²) in [6.45, 7) is 6.39. The molecule has 0 heterocycles. The Labute approximate surface area is 371 Å². The number of aliphatic hydroxyl groups excluding tert-OH is 2. The Morgan fingerprint density at radius 2 is 0.867 bits per heavy atom. The van der Waals surface area contributed by atoms with E-state index in [4.69, 9.17) is 4.74 Å². The van der Waals surface area contributed by atoms with E-state index in [1.807, 2.05) is 0 Å². The number of nitrogens with one attached hydrogen (secondary N) is 1. The number of amides is 1. The van der Waals surface area contributed by atoms with Crippen LogP contribution < -0.4 is 5.32 Å². The van der Waals surface area contributed by atoms with Gasteiger partial charge in [-0.1, -0.05) is 222 Å². The molecule has 0 fully saturated rings. The smallest absolute Gasteiger partial charge is 0.306 e. The zero-order chi connectivity index (χ0) is 43.8. The van der Waals surface area contributed by atoms with E-state index >= 15 is 0 Å². The third-order valence-electron chi connectivity index (χ3n) is 11.1. The molecular weight excluding hydrogens is 743 g/mol. The zero-order valence-electron chi connectivity index (χ0n) is 39.3. The Hall–Kier alpha value is -2.70. The number of unbranched alkanes of at least 4 members (excludes halogenated alkanes) is 24. The van der Waals surface area contributed by atoms with E-state index in [-0.39, 0.29) is 24.9 Å². The topological polar surface area (TPSA) is 95.9 Å². The molecule has 6 heteroatoms. The van der Waals surface area contributed by atoms with Gasteiger partial charge >= 0.3 is 5.97 Å². The van der Waals surface area contributed by atoms with Crippen LogP contribution in [0.25, 0.3) is 0 Å². The maximum atomic E-state index is 13.2. The van der Waals surface area contributed by atoms with Crippen molar-refractivity contribution in [3.63, 3.8) is 0 Å². The predicted octanol–water partition coefficient (Wildman–Crippen LogP) is 15.0. The summed E-state index contributed by atoms with van der Waals surface area (Å²) in [5, 5.41) is 23.6. The van der Waals surface area contributed by atoms with Crippen molar-refractivity contribution in [2.75, 3.05) is 6.61 Å². The van der Waals surface area contributed by atoms with Gasteiger partial charge in [-0.3, -0.25) is 9.59 Å². The molecular formula is C54H95NO5. The summed E-state index contributed by atoms with van der Waals surface area (Å²) in [4.78, 5) is 26.1. The molecule has 1 amide bonds. The van der Waals surface area contributed by atoms with Gasteiger partial charge in [-0.05, 0) is 70.6 Å². The van der Waals surface area contributed by atoms with Gasteiger partial charge in [0.2, 0.25) is 5.91 Å². The summed E-state index contributed by atoms with van der Waals surface area (Å²) in [5.74, 6) is -0.551. The Bertz CT molecular complexity index is 1120. The average molecular weight is 838 g/mol. The predicted molar refractivity (Wildman–Crippen MR) is 259 cm³/mol. The normalized spacial score (nSPS) is 13.9. The highest BCUT2D eigenvalue weighted by molar-refractivity contribution is 5.77. The first-order valence-electron chi connectivity index (χ1n) is 25.2. The number of carbonyl (C=O) groups is 2. The van der Waals surface area contributed by atoms with Gasteiger partial charge < -0.3 is 20.3 Å². The Morgan fingerprint density at radius 3 is 1.37 bits per heavy atom. The molecule has 3 N–H and O–H groups in total. The number of hydrogen-bond donors (Lipinski definition) is 3. The summed E-state index contributed by atoms with van der Waals surface area (Å²) in [5.41, 5.74) is 0. The second-order valence-electron chi connectivity index (χ2n) is 17.0. The highest BCUT2D eigenvalue weighted by Crippen LogP contribution is 2.16. The molecule has 0 saturated heterocycles. The molecule has 0 aromatic carbocycles. The van der Waals surface area contributed by atoms with Crippen LogP contribution in [0.5, 0.6) is 0 Å². The maximum Gasteiger partial charge on any atom is 0.306 e.